The maximum atomic E-state index is 12.1. The van der Waals surface area contributed by atoms with Gasteiger partial charge in [0.2, 0.25) is 0 Å². The third-order valence-corrected chi connectivity index (χ3v) is 4.90. The molecule has 0 saturated heterocycles. The summed E-state index contributed by atoms with van der Waals surface area (Å²) in [5.41, 5.74) is 5.49. The Morgan fingerprint density at radius 3 is 2.63 bits per heavy atom. The number of ether oxygens (including phenoxy) is 2. The molecule has 3 rings (SSSR count). The number of esters is 1. The molecule has 2 N–H and O–H groups in total. The topological polar surface area (TPSA) is 102 Å². The number of carbonyl (C=O) groups excluding carboxylic acids is 2. The lowest BCUT2D eigenvalue weighted by atomic mass is 10.0. The van der Waals surface area contributed by atoms with Crippen molar-refractivity contribution in [3.63, 3.8) is 0 Å². The van der Waals surface area contributed by atoms with Gasteiger partial charge in [-0.3, -0.25) is 4.79 Å². The van der Waals surface area contributed by atoms with Crippen molar-refractivity contribution in [3.8, 4) is 11.1 Å². The molecule has 0 heterocycles. The van der Waals surface area contributed by atoms with Crippen LogP contribution in [0.25, 0.3) is 11.1 Å². The molecule has 156 valence electrons. The summed E-state index contributed by atoms with van der Waals surface area (Å²) in [5.74, 6) is -1.81. The number of alkyl carbamates (subject to hydrolysis) is 1. The van der Waals surface area contributed by atoms with Crippen LogP contribution in [-0.4, -0.2) is 35.8 Å². The fourth-order valence-electron chi connectivity index (χ4n) is 3.43. The lowest BCUT2D eigenvalue weighted by molar-refractivity contribution is -0.143. The minimum Gasteiger partial charge on any atom is -0.480 e. The van der Waals surface area contributed by atoms with Crippen molar-refractivity contribution < 1.29 is 29.0 Å². The van der Waals surface area contributed by atoms with Gasteiger partial charge >= 0.3 is 18.0 Å². The molecule has 0 radical (unpaired) electrons. The number of benzene rings is 2. The summed E-state index contributed by atoms with van der Waals surface area (Å²) in [4.78, 5) is 35.0. The Hall–Kier alpha value is -3.61. The van der Waals surface area contributed by atoms with Gasteiger partial charge in [-0.05, 0) is 40.7 Å². The van der Waals surface area contributed by atoms with E-state index in [2.05, 4.69) is 24.0 Å². The van der Waals surface area contributed by atoms with Crippen molar-refractivity contribution in [1.29, 1.82) is 0 Å². The SMILES string of the molecule is C=CCOC(=O)CC[C@H](NC(=O)OCc1cccc2c1Cc1ccccc1-2)C(=O)O. The first-order valence-electron chi connectivity index (χ1n) is 9.61. The number of nitrogens with one attached hydrogen (secondary N) is 1. The molecule has 0 saturated carbocycles. The lowest BCUT2D eigenvalue weighted by Crippen LogP contribution is -2.41. The average Bonchev–Trinajstić information content (AvgIpc) is 3.12. The van der Waals surface area contributed by atoms with Crippen LogP contribution in [0.1, 0.15) is 29.5 Å². The highest BCUT2D eigenvalue weighted by atomic mass is 16.5. The fourth-order valence-corrected chi connectivity index (χ4v) is 3.43. The molecule has 7 nitrogen and oxygen atoms in total. The molecule has 0 bridgehead atoms. The molecule has 0 unspecified atom stereocenters. The van der Waals surface area contributed by atoms with Crippen LogP contribution < -0.4 is 5.32 Å². The summed E-state index contributed by atoms with van der Waals surface area (Å²) >= 11 is 0. The van der Waals surface area contributed by atoms with Gasteiger partial charge in [0.15, 0.2) is 0 Å². The van der Waals surface area contributed by atoms with Crippen LogP contribution in [0, 0.1) is 0 Å². The first kappa shape index (κ1) is 21.1. The van der Waals surface area contributed by atoms with Crippen molar-refractivity contribution in [2.75, 3.05) is 6.61 Å². The number of carbonyl (C=O) groups is 3. The third-order valence-electron chi connectivity index (χ3n) is 4.90. The second kappa shape index (κ2) is 9.73. The van der Waals surface area contributed by atoms with E-state index < -0.39 is 24.1 Å². The monoisotopic (exact) mass is 409 g/mol. The number of hydrogen-bond acceptors (Lipinski definition) is 5. The Labute approximate surface area is 174 Å². The maximum absolute atomic E-state index is 12.1. The summed E-state index contributed by atoms with van der Waals surface area (Å²) in [7, 11) is 0. The molecule has 1 aliphatic rings. The second-order valence-electron chi connectivity index (χ2n) is 6.90. The second-order valence-corrected chi connectivity index (χ2v) is 6.90. The zero-order valence-corrected chi connectivity index (χ0v) is 16.4. The molecule has 0 spiro atoms. The number of rotatable bonds is 9. The number of amides is 1. The first-order valence-corrected chi connectivity index (χ1v) is 9.61. The van der Waals surface area contributed by atoms with Gasteiger partial charge < -0.3 is 19.9 Å². The molecule has 0 aliphatic heterocycles. The van der Waals surface area contributed by atoms with Crippen LogP contribution in [0.2, 0.25) is 0 Å². The highest BCUT2D eigenvalue weighted by molar-refractivity contribution is 5.81. The summed E-state index contributed by atoms with van der Waals surface area (Å²) < 4.78 is 10.1. The van der Waals surface area contributed by atoms with E-state index in [1.54, 1.807) is 0 Å². The number of aliphatic carboxylic acids is 1. The van der Waals surface area contributed by atoms with Gasteiger partial charge in [-0.25, -0.2) is 9.59 Å². The smallest absolute Gasteiger partial charge is 0.408 e. The minimum atomic E-state index is -1.25. The largest absolute Gasteiger partial charge is 0.480 e. The van der Waals surface area contributed by atoms with Gasteiger partial charge in [-0.1, -0.05) is 55.1 Å². The number of hydrogen-bond donors (Lipinski definition) is 2. The predicted molar refractivity (Wildman–Crippen MR) is 110 cm³/mol. The highest BCUT2D eigenvalue weighted by Crippen LogP contribution is 2.38. The summed E-state index contributed by atoms with van der Waals surface area (Å²) in [6.07, 6.45) is 1.08. The van der Waals surface area contributed by atoms with E-state index in [0.29, 0.717) is 0 Å². The number of carboxylic acid groups (broad SMARTS) is 1. The van der Waals surface area contributed by atoms with E-state index in [-0.39, 0.29) is 26.1 Å². The normalized spacial score (nSPS) is 12.3. The molecule has 2 aromatic carbocycles. The Morgan fingerprint density at radius 1 is 1.10 bits per heavy atom. The van der Waals surface area contributed by atoms with Crippen LogP contribution in [0.4, 0.5) is 4.79 Å². The van der Waals surface area contributed by atoms with Crippen LogP contribution in [0.15, 0.2) is 55.1 Å². The van der Waals surface area contributed by atoms with Gasteiger partial charge in [-0.2, -0.15) is 0 Å². The highest BCUT2D eigenvalue weighted by Gasteiger charge is 2.24. The fraction of sp³-hybridized carbons (Fsp3) is 0.261. The van der Waals surface area contributed by atoms with E-state index in [1.165, 1.54) is 17.2 Å². The Kier molecular flexibility index (Phi) is 6.85. The van der Waals surface area contributed by atoms with Crippen LogP contribution in [0.5, 0.6) is 0 Å². The van der Waals surface area contributed by atoms with Gasteiger partial charge in [0.05, 0.1) is 0 Å². The van der Waals surface area contributed by atoms with E-state index in [9.17, 15) is 19.5 Å². The average molecular weight is 409 g/mol. The maximum Gasteiger partial charge on any atom is 0.408 e. The zero-order chi connectivity index (χ0) is 21.5. The van der Waals surface area contributed by atoms with Crippen molar-refractivity contribution in [3.05, 3.63) is 71.8 Å². The van der Waals surface area contributed by atoms with Crippen LogP contribution >= 0.6 is 0 Å². The van der Waals surface area contributed by atoms with Crippen molar-refractivity contribution in [2.45, 2.75) is 31.9 Å². The molecule has 0 aromatic heterocycles. The van der Waals surface area contributed by atoms with Gasteiger partial charge in [-0.15, -0.1) is 0 Å². The predicted octanol–water partition coefficient (Wildman–Crippen LogP) is 3.45. The first-order chi connectivity index (χ1) is 14.5. The Morgan fingerprint density at radius 2 is 1.87 bits per heavy atom. The van der Waals surface area contributed by atoms with Crippen molar-refractivity contribution in [1.82, 2.24) is 5.32 Å². The van der Waals surface area contributed by atoms with Crippen molar-refractivity contribution >= 4 is 18.0 Å². The van der Waals surface area contributed by atoms with Gasteiger partial charge in [0.1, 0.15) is 19.3 Å². The standard InChI is InChI=1S/C23H23NO6/c1-2-12-29-21(25)11-10-20(22(26)27)24-23(28)30-14-16-7-5-9-18-17-8-4-3-6-15(17)13-19(16)18/h2-9,20H,1,10-14H2,(H,24,28)(H,26,27)/t20-/m0/s1. The van der Waals surface area contributed by atoms with E-state index in [1.807, 2.05) is 30.3 Å². The third kappa shape index (κ3) is 5.05. The molecular formula is C23H23NO6. The molecular weight excluding hydrogens is 386 g/mol. The van der Waals surface area contributed by atoms with E-state index in [4.69, 9.17) is 9.47 Å². The quantitative estimate of drug-likeness (QED) is 0.415. The van der Waals surface area contributed by atoms with Gasteiger partial charge in [0, 0.05) is 6.42 Å². The molecule has 2 aromatic rings. The Balaban J connectivity index is 1.56. The number of fused-ring (bicyclic) bond motifs is 3. The lowest BCUT2D eigenvalue weighted by Gasteiger charge is -2.15. The van der Waals surface area contributed by atoms with Crippen LogP contribution in [0.3, 0.4) is 0 Å². The zero-order valence-electron chi connectivity index (χ0n) is 16.4. The van der Waals surface area contributed by atoms with E-state index >= 15 is 0 Å². The molecule has 1 amide bonds. The molecule has 7 heteroatoms. The Bertz CT molecular complexity index is 968. The number of carboxylic acids is 1. The summed E-state index contributed by atoms with van der Waals surface area (Å²) in [6, 6.07) is 12.7. The molecule has 1 aliphatic carbocycles. The summed E-state index contributed by atoms with van der Waals surface area (Å²) in [6.45, 7) is 3.51. The van der Waals surface area contributed by atoms with Crippen LogP contribution in [-0.2, 0) is 32.1 Å². The molecule has 30 heavy (non-hydrogen) atoms. The summed E-state index contributed by atoms with van der Waals surface area (Å²) in [5, 5.41) is 11.6. The van der Waals surface area contributed by atoms with E-state index in [0.717, 1.165) is 23.1 Å². The minimum absolute atomic E-state index is 0.0245. The molecule has 1 atom stereocenters. The van der Waals surface area contributed by atoms with Gasteiger partial charge in [0.25, 0.3) is 0 Å². The molecule has 0 fully saturated rings. The van der Waals surface area contributed by atoms with Crippen molar-refractivity contribution in [2.24, 2.45) is 0 Å².